The molecular formula is C22H17BrF3N5O3S. The first kappa shape index (κ1) is 26.0. The van der Waals surface area contributed by atoms with E-state index in [1.54, 1.807) is 17.5 Å². The summed E-state index contributed by atoms with van der Waals surface area (Å²) in [6.07, 6.45) is -3.12. The number of amides is 1. The first-order chi connectivity index (χ1) is 16.7. The van der Waals surface area contributed by atoms with Crippen LogP contribution in [-0.4, -0.2) is 30.8 Å². The predicted octanol–water partition coefficient (Wildman–Crippen LogP) is 5.27. The molecule has 0 aliphatic carbocycles. The van der Waals surface area contributed by atoms with Crippen molar-refractivity contribution in [2.45, 2.75) is 12.6 Å². The monoisotopic (exact) mass is 567 g/mol. The SMILES string of the molecule is COc1cc(/C=N\NC(=O)Cc2csc(Nc3cccc(C(F)(F)F)c3)n2)c(Br)cc1OCC#N. The lowest BCUT2D eigenvalue weighted by Gasteiger charge is -2.10. The standard InChI is InChI=1S/C22H17BrF3N5O3S/c1-33-18-7-13(17(23)10-19(18)34-6-5-27)11-28-31-20(32)9-16-12-35-21(30-16)29-15-4-2-3-14(8-15)22(24,25)26/h2-4,7-8,10-12H,6,9H2,1H3,(H,29,30)(H,31,32)/b28-11-. The van der Waals surface area contributed by atoms with E-state index in [2.05, 4.69) is 36.8 Å². The van der Waals surface area contributed by atoms with Crippen molar-refractivity contribution in [3.05, 3.63) is 63.1 Å². The van der Waals surface area contributed by atoms with E-state index in [9.17, 15) is 18.0 Å². The molecule has 35 heavy (non-hydrogen) atoms. The molecule has 0 fully saturated rings. The number of carbonyl (C=O) groups excluding carboxylic acids is 1. The van der Waals surface area contributed by atoms with Crippen molar-refractivity contribution in [2.24, 2.45) is 5.10 Å². The van der Waals surface area contributed by atoms with Gasteiger partial charge in [-0.3, -0.25) is 4.79 Å². The van der Waals surface area contributed by atoms with Crippen LogP contribution in [0.1, 0.15) is 16.8 Å². The summed E-state index contributed by atoms with van der Waals surface area (Å²) in [6, 6.07) is 9.87. The molecule has 2 aromatic carbocycles. The molecule has 0 aliphatic rings. The number of thiazole rings is 1. The summed E-state index contributed by atoms with van der Waals surface area (Å²) in [5.74, 6) is 0.328. The van der Waals surface area contributed by atoms with Crippen LogP contribution in [0, 0.1) is 11.3 Å². The highest BCUT2D eigenvalue weighted by atomic mass is 79.9. The van der Waals surface area contributed by atoms with Gasteiger partial charge in [0.25, 0.3) is 0 Å². The maximum absolute atomic E-state index is 12.9. The minimum absolute atomic E-state index is 0.0798. The Labute approximate surface area is 210 Å². The minimum Gasteiger partial charge on any atom is -0.493 e. The molecule has 1 aromatic heterocycles. The number of nitrogens with one attached hydrogen (secondary N) is 2. The number of hydrogen-bond acceptors (Lipinski definition) is 8. The molecule has 2 N–H and O–H groups in total. The molecule has 0 atom stereocenters. The van der Waals surface area contributed by atoms with Crippen molar-refractivity contribution in [3.63, 3.8) is 0 Å². The van der Waals surface area contributed by atoms with Crippen molar-refractivity contribution < 1.29 is 27.4 Å². The Hall–Kier alpha value is -3.63. The molecule has 3 rings (SSSR count). The minimum atomic E-state index is -4.45. The molecule has 1 amide bonds. The number of nitrogens with zero attached hydrogens (tertiary/aromatic N) is 3. The maximum atomic E-state index is 12.9. The van der Waals surface area contributed by atoms with Gasteiger partial charge in [0.05, 0.1) is 31.0 Å². The number of methoxy groups -OCH3 is 1. The second-order valence-electron chi connectivity index (χ2n) is 6.79. The van der Waals surface area contributed by atoms with Crippen LogP contribution in [0.4, 0.5) is 24.0 Å². The third-order valence-corrected chi connectivity index (χ3v) is 5.80. The number of ether oxygens (including phenoxy) is 2. The number of alkyl halides is 3. The third-order valence-electron chi connectivity index (χ3n) is 4.30. The Morgan fingerprint density at radius 2 is 2.11 bits per heavy atom. The maximum Gasteiger partial charge on any atom is 0.416 e. The number of nitriles is 1. The average molecular weight is 568 g/mol. The topological polar surface area (TPSA) is 109 Å². The Kier molecular flexibility index (Phi) is 8.67. The van der Waals surface area contributed by atoms with Crippen LogP contribution < -0.4 is 20.2 Å². The van der Waals surface area contributed by atoms with Gasteiger partial charge in [-0.15, -0.1) is 11.3 Å². The molecular weight excluding hydrogens is 551 g/mol. The molecule has 0 aliphatic heterocycles. The predicted molar refractivity (Wildman–Crippen MR) is 128 cm³/mol. The number of anilines is 2. The van der Waals surface area contributed by atoms with Gasteiger partial charge in [0, 0.05) is 21.1 Å². The first-order valence-electron chi connectivity index (χ1n) is 9.77. The summed E-state index contributed by atoms with van der Waals surface area (Å²) in [5.41, 5.74) is 2.87. The fraction of sp³-hybridized carbons (Fsp3) is 0.182. The van der Waals surface area contributed by atoms with E-state index in [0.717, 1.165) is 23.5 Å². The highest BCUT2D eigenvalue weighted by molar-refractivity contribution is 9.10. The molecule has 1 heterocycles. The zero-order valence-electron chi connectivity index (χ0n) is 18.0. The van der Waals surface area contributed by atoms with Gasteiger partial charge in [-0.1, -0.05) is 6.07 Å². The van der Waals surface area contributed by atoms with E-state index >= 15 is 0 Å². The van der Waals surface area contributed by atoms with Crippen molar-refractivity contribution in [1.29, 1.82) is 5.26 Å². The van der Waals surface area contributed by atoms with Crippen molar-refractivity contribution in [2.75, 3.05) is 19.0 Å². The summed E-state index contributed by atoms with van der Waals surface area (Å²) in [4.78, 5) is 16.4. The lowest BCUT2D eigenvalue weighted by atomic mass is 10.2. The zero-order chi connectivity index (χ0) is 25.4. The van der Waals surface area contributed by atoms with Crippen LogP contribution in [0.15, 0.2) is 51.4 Å². The van der Waals surface area contributed by atoms with Crippen LogP contribution in [0.5, 0.6) is 11.5 Å². The second kappa shape index (κ2) is 11.7. The van der Waals surface area contributed by atoms with E-state index in [0.29, 0.717) is 32.4 Å². The number of rotatable bonds is 9. The van der Waals surface area contributed by atoms with Gasteiger partial charge in [0.15, 0.2) is 23.2 Å². The second-order valence-corrected chi connectivity index (χ2v) is 8.50. The molecule has 182 valence electrons. The normalized spacial score (nSPS) is 11.2. The number of hydrogen-bond donors (Lipinski definition) is 2. The fourth-order valence-corrected chi connectivity index (χ4v) is 3.91. The van der Waals surface area contributed by atoms with Crippen LogP contribution in [0.25, 0.3) is 0 Å². The van der Waals surface area contributed by atoms with Crippen LogP contribution >= 0.6 is 27.3 Å². The molecule has 13 heteroatoms. The van der Waals surface area contributed by atoms with E-state index in [1.807, 2.05) is 6.07 Å². The molecule has 0 spiro atoms. The molecule has 0 saturated heterocycles. The van der Waals surface area contributed by atoms with Crippen LogP contribution in [0.3, 0.4) is 0 Å². The number of aromatic nitrogens is 1. The Balaban J connectivity index is 1.58. The Morgan fingerprint density at radius 1 is 1.31 bits per heavy atom. The van der Waals surface area contributed by atoms with Gasteiger partial charge in [-0.25, -0.2) is 10.4 Å². The first-order valence-corrected chi connectivity index (χ1v) is 11.4. The summed E-state index contributed by atoms with van der Waals surface area (Å²) in [6.45, 7) is -0.139. The fourth-order valence-electron chi connectivity index (χ4n) is 2.75. The average Bonchev–Trinajstić information content (AvgIpc) is 3.24. The molecule has 0 unspecified atom stereocenters. The largest absolute Gasteiger partial charge is 0.493 e. The summed E-state index contributed by atoms with van der Waals surface area (Å²) < 4.78 is 49.7. The lowest BCUT2D eigenvalue weighted by molar-refractivity contribution is -0.137. The molecule has 0 bridgehead atoms. The van der Waals surface area contributed by atoms with E-state index in [4.69, 9.17) is 14.7 Å². The highest BCUT2D eigenvalue weighted by Crippen LogP contribution is 2.33. The van der Waals surface area contributed by atoms with Crippen molar-refractivity contribution in [1.82, 2.24) is 10.4 Å². The van der Waals surface area contributed by atoms with Gasteiger partial charge < -0.3 is 14.8 Å². The van der Waals surface area contributed by atoms with Gasteiger partial charge in [-0.05, 0) is 46.3 Å². The summed E-state index contributed by atoms with van der Waals surface area (Å²) in [5, 5.41) is 17.4. The van der Waals surface area contributed by atoms with E-state index in [1.165, 1.54) is 25.5 Å². The highest BCUT2D eigenvalue weighted by Gasteiger charge is 2.30. The Morgan fingerprint density at radius 3 is 2.83 bits per heavy atom. The molecule has 0 radical (unpaired) electrons. The number of carbonyl (C=O) groups is 1. The number of halogens is 4. The van der Waals surface area contributed by atoms with Gasteiger partial charge >= 0.3 is 6.18 Å². The quantitative estimate of drug-likeness (QED) is 0.269. The number of benzene rings is 2. The summed E-state index contributed by atoms with van der Waals surface area (Å²) in [7, 11) is 1.45. The third kappa shape index (κ3) is 7.43. The Bertz CT molecular complexity index is 1270. The number of hydrazone groups is 1. The molecule has 0 saturated carbocycles. The van der Waals surface area contributed by atoms with Crippen molar-refractivity contribution >= 4 is 50.2 Å². The van der Waals surface area contributed by atoms with E-state index < -0.39 is 17.6 Å². The van der Waals surface area contributed by atoms with Crippen molar-refractivity contribution in [3.8, 4) is 17.6 Å². The van der Waals surface area contributed by atoms with Gasteiger partial charge in [-0.2, -0.15) is 23.5 Å². The van der Waals surface area contributed by atoms with E-state index in [-0.39, 0.29) is 18.7 Å². The van der Waals surface area contributed by atoms with Gasteiger partial charge in [0.1, 0.15) is 6.07 Å². The molecule has 8 nitrogen and oxygen atoms in total. The van der Waals surface area contributed by atoms with Gasteiger partial charge in [0.2, 0.25) is 5.91 Å². The summed E-state index contributed by atoms with van der Waals surface area (Å²) >= 11 is 4.53. The van der Waals surface area contributed by atoms with Crippen LogP contribution in [0.2, 0.25) is 0 Å². The molecule has 3 aromatic rings. The smallest absolute Gasteiger partial charge is 0.416 e. The lowest BCUT2D eigenvalue weighted by Crippen LogP contribution is -2.20. The zero-order valence-corrected chi connectivity index (χ0v) is 20.4. The van der Waals surface area contributed by atoms with Crippen LogP contribution in [-0.2, 0) is 17.4 Å².